The number of carboxylic acid groups (broad SMARTS) is 1. The molecule has 1 atom stereocenters. The summed E-state index contributed by atoms with van der Waals surface area (Å²) in [6, 6.07) is 15.5. The van der Waals surface area contributed by atoms with Crippen LogP contribution in [0.25, 0.3) is 17.2 Å². The first-order valence-electron chi connectivity index (χ1n) is 8.95. The van der Waals surface area contributed by atoms with Gasteiger partial charge in [0.25, 0.3) is 0 Å². The highest BCUT2D eigenvalue weighted by Crippen LogP contribution is 2.48. The molecule has 2 aromatic carbocycles. The van der Waals surface area contributed by atoms with Crippen molar-refractivity contribution in [2.75, 3.05) is 6.61 Å². The molecule has 0 saturated carbocycles. The van der Waals surface area contributed by atoms with E-state index < -0.39 is 22.1 Å². The van der Waals surface area contributed by atoms with Crippen molar-refractivity contribution in [3.8, 4) is 11.1 Å². The lowest BCUT2D eigenvalue weighted by molar-refractivity contribution is -0.140. The lowest BCUT2D eigenvalue weighted by Crippen LogP contribution is -2.64. The second kappa shape index (κ2) is 6.67. The third-order valence-electron chi connectivity index (χ3n) is 4.93. The molecule has 1 aliphatic heterocycles. The summed E-state index contributed by atoms with van der Waals surface area (Å²) in [5, 5.41) is 10.2. The normalized spacial score (nSPS) is 18.6. The van der Waals surface area contributed by atoms with Crippen LogP contribution in [0.2, 0.25) is 0 Å². The van der Waals surface area contributed by atoms with Crippen LogP contribution in [0.3, 0.4) is 0 Å². The van der Waals surface area contributed by atoms with Crippen molar-refractivity contribution in [2.24, 2.45) is 0 Å². The van der Waals surface area contributed by atoms with Crippen molar-refractivity contribution in [3.63, 3.8) is 0 Å². The molecule has 0 fully saturated rings. The molecule has 140 valence electrons. The van der Waals surface area contributed by atoms with E-state index in [9.17, 15) is 14.7 Å². The first kappa shape index (κ1) is 18.9. The molecular weight excluding hydrogens is 342 g/mol. The third kappa shape index (κ3) is 2.84. The Hall–Kier alpha value is -2.92. The first-order valence-corrected chi connectivity index (χ1v) is 8.95. The molecule has 2 aromatic rings. The largest absolute Gasteiger partial charge is 0.524 e. The highest BCUT2D eigenvalue weighted by Gasteiger charge is 2.60. The van der Waals surface area contributed by atoms with Gasteiger partial charge in [0.05, 0.1) is 6.61 Å². The molecule has 5 nitrogen and oxygen atoms in total. The highest BCUT2D eigenvalue weighted by atomic mass is 16.5. The smallest absolute Gasteiger partial charge is 0.458 e. The molecule has 27 heavy (non-hydrogen) atoms. The number of fused-ring (bicyclic) bond motifs is 1. The summed E-state index contributed by atoms with van der Waals surface area (Å²) in [7, 11) is 0. The van der Waals surface area contributed by atoms with Crippen molar-refractivity contribution in [2.45, 2.75) is 33.2 Å². The maximum Gasteiger partial charge on any atom is 0.524 e. The molecule has 1 aliphatic rings. The van der Waals surface area contributed by atoms with E-state index in [0.29, 0.717) is 5.69 Å². The van der Waals surface area contributed by atoms with Crippen LogP contribution in [0.15, 0.2) is 54.2 Å². The topological polar surface area (TPSA) is 63.6 Å². The van der Waals surface area contributed by atoms with Gasteiger partial charge in [0.1, 0.15) is 5.54 Å². The fourth-order valence-electron chi connectivity index (χ4n) is 3.78. The summed E-state index contributed by atoms with van der Waals surface area (Å²) in [5.74, 6) is -0.604. The maximum absolute atomic E-state index is 12.7. The van der Waals surface area contributed by atoms with Crippen molar-refractivity contribution in [1.82, 2.24) is 4.48 Å². The summed E-state index contributed by atoms with van der Waals surface area (Å²) in [6.45, 7) is 7.34. The Morgan fingerprint density at radius 3 is 2.26 bits per heavy atom. The monoisotopic (exact) mass is 366 g/mol. The van der Waals surface area contributed by atoms with Crippen LogP contribution < -0.4 is 4.48 Å². The number of rotatable bonds is 3. The molecule has 0 radical (unpaired) electrons. The summed E-state index contributed by atoms with van der Waals surface area (Å²) < 4.78 is 4.60. The molecule has 0 spiro atoms. The van der Waals surface area contributed by atoms with Crippen molar-refractivity contribution < 1.29 is 19.4 Å². The standard InChI is InChI=1S/C22H23NO4/c1-5-27-20(24)19-14-17-13-16(15-9-7-6-8-10-15)11-12-18(17)23(19,21(25)26)22(2,3)4/h6-14H,5H2,1-4H3/p+1. The lowest BCUT2D eigenvalue weighted by atomic mass is 9.98. The molecule has 1 heterocycles. The van der Waals surface area contributed by atoms with E-state index in [1.807, 2.05) is 63.2 Å². The quantitative estimate of drug-likeness (QED) is 0.609. The second-order valence-electron chi connectivity index (χ2n) is 7.51. The Morgan fingerprint density at radius 1 is 1.04 bits per heavy atom. The number of amides is 1. The van der Waals surface area contributed by atoms with Crippen LogP contribution in [-0.2, 0) is 9.53 Å². The minimum atomic E-state index is -1.10. The molecule has 3 rings (SSSR count). The van der Waals surface area contributed by atoms with Crippen molar-refractivity contribution in [3.05, 3.63) is 59.8 Å². The van der Waals surface area contributed by atoms with Gasteiger partial charge in [0, 0.05) is 17.7 Å². The van der Waals surface area contributed by atoms with Crippen LogP contribution in [0, 0.1) is 0 Å². The fourth-order valence-corrected chi connectivity index (χ4v) is 3.78. The molecule has 0 aliphatic carbocycles. The van der Waals surface area contributed by atoms with Crippen LogP contribution in [0.1, 0.15) is 33.3 Å². The Morgan fingerprint density at radius 2 is 1.70 bits per heavy atom. The van der Waals surface area contributed by atoms with Crippen LogP contribution >= 0.6 is 0 Å². The van der Waals surface area contributed by atoms with E-state index in [0.717, 1.165) is 16.7 Å². The van der Waals surface area contributed by atoms with Gasteiger partial charge in [-0.1, -0.05) is 30.3 Å². The number of esters is 1. The van der Waals surface area contributed by atoms with E-state index >= 15 is 0 Å². The number of hydrogen-bond acceptors (Lipinski definition) is 3. The predicted octanol–water partition coefficient (Wildman–Crippen LogP) is 5.06. The zero-order chi connectivity index (χ0) is 19.8. The number of hydrogen-bond donors (Lipinski definition) is 1. The molecular formula is C22H24NO4+. The van der Waals surface area contributed by atoms with Crippen molar-refractivity contribution in [1.29, 1.82) is 0 Å². The Labute approximate surface area is 159 Å². The zero-order valence-electron chi connectivity index (χ0n) is 16.0. The molecule has 0 saturated heterocycles. The van der Waals surface area contributed by atoms with E-state index in [1.165, 1.54) is 0 Å². The Kier molecular flexibility index (Phi) is 4.66. The minimum absolute atomic E-state index is 0.122. The Balaban J connectivity index is 2.25. The molecule has 0 bridgehead atoms. The van der Waals surface area contributed by atoms with Crippen LogP contribution in [0.5, 0.6) is 0 Å². The average Bonchev–Trinajstić information content (AvgIpc) is 2.98. The predicted molar refractivity (Wildman–Crippen MR) is 106 cm³/mol. The van der Waals surface area contributed by atoms with E-state index in [2.05, 4.69) is 0 Å². The third-order valence-corrected chi connectivity index (χ3v) is 4.93. The molecule has 1 amide bonds. The number of ether oxygens (including phenoxy) is 1. The lowest BCUT2D eigenvalue weighted by Gasteiger charge is -2.40. The molecule has 1 unspecified atom stereocenters. The number of quaternary nitrogens is 1. The number of carbonyl (C=O) groups is 2. The van der Waals surface area contributed by atoms with Gasteiger partial charge in [-0.25, -0.2) is 4.79 Å². The summed E-state index contributed by atoms with van der Waals surface area (Å²) in [5.41, 5.74) is 2.62. The molecule has 0 aromatic heterocycles. The Bertz CT molecular complexity index is 925. The van der Waals surface area contributed by atoms with Gasteiger partial charge in [-0.2, -0.15) is 4.79 Å². The molecule has 1 N–H and O–H groups in total. The highest BCUT2D eigenvalue weighted by molar-refractivity contribution is 6.09. The maximum atomic E-state index is 12.7. The van der Waals surface area contributed by atoms with E-state index in [4.69, 9.17) is 4.74 Å². The average molecular weight is 366 g/mol. The number of carbonyl (C=O) groups excluding carboxylic acids is 1. The summed E-state index contributed by atoms with van der Waals surface area (Å²) >= 11 is 0. The van der Waals surface area contributed by atoms with Gasteiger partial charge in [-0.05, 0) is 51.0 Å². The minimum Gasteiger partial charge on any atom is -0.458 e. The van der Waals surface area contributed by atoms with E-state index in [1.54, 1.807) is 19.1 Å². The van der Waals surface area contributed by atoms with Gasteiger partial charge >= 0.3 is 12.1 Å². The van der Waals surface area contributed by atoms with Gasteiger partial charge in [0.2, 0.25) is 5.70 Å². The number of nitrogens with zero attached hydrogens (tertiary/aromatic N) is 1. The van der Waals surface area contributed by atoms with Crippen molar-refractivity contribution >= 4 is 23.8 Å². The number of benzene rings is 2. The van der Waals surface area contributed by atoms with Gasteiger partial charge < -0.3 is 9.84 Å². The van der Waals surface area contributed by atoms with Crippen LogP contribution in [0.4, 0.5) is 10.5 Å². The SMILES string of the molecule is CCOC(=O)C1=Cc2cc(-c3ccccc3)ccc2[N+]1(C(=O)O)C(C)(C)C. The first-order chi connectivity index (χ1) is 12.7. The summed E-state index contributed by atoms with van der Waals surface area (Å²) in [4.78, 5) is 25.2. The van der Waals surface area contributed by atoms with Gasteiger partial charge in [0.15, 0.2) is 5.69 Å². The fraction of sp³-hybridized carbons (Fsp3) is 0.273. The zero-order valence-corrected chi connectivity index (χ0v) is 16.0. The second-order valence-corrected chi connectivity index (χ2v) is 7.51. The summed E-state index contributed by atoms with van der Waals surface area (Å²) in [6.07, 6.45) is 0.548. The van der Waals surface area contributed by atoms with Crippen LogP contribution in [-0.4, -0.2) is 29.3 Å². The van der Waals surface area contributed by atoms with Gasteiger partial charge in [-0.3, -0.25) is 0 Å². The molecule has 5 heteroatoms. The van der Waals surface area contributed by atoms with Gasteiger partial charge in [-0.15, -0.1) is 4.48 Å². The van der Waals surface area contributed by atoms with E-state index in [-0.39, 0.29) is 12.3 Å².